The molecule has 0 aliphatic carbocycles. The van der Waals surface area contributed by atoms with Crippen LogP contribution in [0.15, 0.2) is 48.8 Å². The molecule has 0 spiro atoms. The number of halogens is 1. The summed E-state index contributed by atoms with van der Waals surface area (Å²) in [7, 11) is 3.93. The fourth-order valence-electron chi connectivity index (χ4n) is 3.84. The Hall–Kier alpha value is -3.27. The van der Waals surface area contributed by atoms with Crippen LogP contribution in [0.4, 0.5) is 17.6 Å². The highest BCUT2D eigenvalue weighted by molar-refractivity contribution is 5.85. The minimum atomic E-state index is 0. The van der Waals surface area contributed by atoms with Crippen molar-refractivity contribution in [3.8, 4) is 11.4 Å². The van der Waals surface area contributed by atoms with E-state index in [1.165, 1.54) is 5.56 Å². The minimum Gasteiger partial charge on any atom is -0.363 e. The maximum atomic E-state index is 4.66. The summed E-state index contributed by atoms with van der Waals surface area (Å²) in [5.74, 6) is 2.99. The minimum absolute atomic E-state index is 0. The Labute approximate surface area is 199 Å². The van der Waals surface area contributed by atoms with Crippen molar-refractivity contribution in [2.24, 2.45) is 0 Å². The number of piperazine rings is 1. The molecule has 3 N–H and O–H groups in total. The summed E-state index contributed by atoms with van der Waals surface area (Å²) in [6.45, 7) is 5.15. The van der Waals surface area contributed by atoms with E-state index in [0.717, 1.165) is 61.0 Å². The lowest BCUT2D eigenvalue weighted by Gasteiger charge is -2.27. The lowest BCUT2D eigenvalue weighted by molar-refractivity contribution is 0.233. The van der Waals surface area contributed by atoms with Gasteiger partial charge in [0.1, 0.15) is 11.6 Å². The quantitative estimate of drug-likeness (QED) is 0.399. The molecule has 33 heavy (non-hydrogen) atoms. The first kappa shape index (κ1) is 22.9. The molecule has 1 aromatic carbocycles. The molecular formula is C23H28ClN9. The van der Waals surface area contributed by atoms with E-state index in [9.17, 15) is 0 Å². The Bertz CT molecular complexity index is 1220. The van der Waals surface area contributed by atoms with Crippen molar-refractivity contribution in [1.29, 1.82) is 0 Å². The van der Waals surface area contributed by atoms with Crippen LogP contribution in [0.2, 0.25) is 0 Å². The van der Waals surface area contributed by atoms with E-state index in [2.05, 4.69) is 52.6 Å². The van der Waals surface area contributed by atoms with Crippen LogP contribution in [-0.2, 0) is 6.54 Å². The summed E-state index contributed by atoms with van der Waals surface area (Å²) in [6, 6.07) is 12.0. The van der Waals surface area contributed by atoms with Gasteiger partial charge in [-0.2, -0.15) is 0 Å². The fraction of sp³-hybridized carbons (Fsp3) is 0.304. The highest BCUT2D eigenvalue weighted by atomic mass is 35.5. The molecule has 1 aliphatic rings. The molecule has 4 aromatic rings. The SMILES string of the molecule is CN(C)c1ccnc(-c2ccc3nc(Nc4cc(CN5CCNCC5)ccn4)[nH]c3c2)n1.Cl. The second-order valence-electron chi connectivity index (χ2n) is 8.15. The maximum absolute atomic E-state index is 4.66. The largest absolute Gasteiger partial charge is 0.363 e. The second kappa shape index (κ2) is 10.1. The van der Waals surface area contributed by atoms with Gasteiger partial charge in [0.05, 0.1) is 11.0 Å². The zero-order valence-electron chi connectivity index (χ0n) is 18.7. The normalized spacial score (nSPS) is 14.1. The second-order valence-corrected chi connectivity index (χ2v) is 8.15. The number of hydrogen-bond donors (Lipinski definition) is 3. The van der Waals surface area contributed by atoms with Crippen molar-refractivity contribution in [3.63, 3.8) is 0 Å². The lowest BCUT2D eigenvalue weighted by atomic mass is 10.2. The molecule has 5 rings (SSSR count). The summed E-state index contributed by atoms with van der Waals surface area (Å²) in [5, 5.41) is 6.70. The Kier molecular flexibility index (Phi) is 7.02. The number of anilines is 3. The summed E-state index contributed by atoms with van der Waals surface area (Å²) in [5.41, 5.74) is 3.96. The van der Waals surface area contributed by atoms with Gasteiger partial charge in [-0.05, 0) is 42.0 Å². The number of pyridine rings is 1. The molecule has 3 aromatic heterocycles. The molecule has 1 saturated heterocycles. The Balaban J connectivity index is 0.00000259. The molecule has 172 valence electrons. The summed E-state index contributed by atoms with van der Waals surface area (Å²) in [4.78, 5) is 25.9. The van der Waals surface area contributed by atoms with Crippen molar-refractivity contribution < 1.29 is 0 Å². The molecule has 10 heteroatoms. The third-order valence-electron chi connectivity index (χ3n) is 5.53. The van der Waals surface area contributed by atoms with Gasteiger partial charge in [-0.15, -0.1) is 12.4 Å². The topological polar surface area (TPSA) is 97.9 Å². The van der Waals surface area contributed by atoms with Crippen molar-refractivity contribution in [3.05, 3.63) is 54.4 Å². The van der Waals surface area contributed by atoms with Gasteiger partial charge in [0.2, 0.25) is 5.95 Å². The third-order valence-corrected chi connectivity index (χ3v) is 5.53. The number of rotatable bonds is 6. The average molecular weight is 466 g/mol. The third kappa shape index (κ3) is 5.39. The highest BCUT2D eigenvalue weighted by Gasteiger charge is 2.12. The fourth-order valence-corrected chi connectivity index (χ4v) is 3.84. The Morgan fingerprint density at radius 1 is 1.00 bits per heavy atom. The van der Waals surface area contributed by atoms with E-state index in [-0.39, 0.29) is 12.4 Å². The number of benzene rings is 1. The number of nitrogens with one attached hydrogen (secondary N) is 3. The summed E-state index contributed by atoms with van der Waals surface area (Å²) < 4.78 is 0. The van der Waals surface area contributed by atoms with Gasteiger partial charge in [0.15, 0.2) is 5.82 Å². The molecule has 0 saturated carbocycles. The predicted molar refractivity (Wildman–Crippen MR) is 134 cm³/mol. The molecule has 1 fully saturated rings. The number of H-pyrrole nitrogens is 1. The predicted octanol–water partition coefficient (Wildman–Crippen LogP) is 3.05. The number of imidazole rings is 1. The number of fused-ring (bicyclic) bond motifs is 1. The van der Waals surface area contributed by atoms with Gasteiger partial charge < -0.3 is 20.5 Å². The van der Waals surface area contributed by atoms with Gasteiger partial charge in [-0.1, -0.05) is 0 Å². The molecule has 0 bridgehead atoms. The zero-order chi connectivity index (χ0) is 21.9. The molecule has 0 atom stereocenters. The number of aromatic amines is 1. The van der Waals surface area contributed by atoms with Crippen LogP contribution in [0.3, 0.4) is 0 Å². The van der Waals surface area contributed by atoms with Crippen molar-refractivity contribution in [1.82, 2.24) is 35.1 Å². The molecular weight excluding hydrogens is 438 g/mol. The van der Waals surface area contributed by atoms with Crippen LogP contribution < -0.4 is 15.5 Å². The van der Waals surface area contributed by atoms with E-state index < -0.39 is 0 Å². The number of aromatic nitrogens is 5. The van der Waals surface area contributed by atoms with Crippen LogP contribution in [0.5, 0.6) is 0 Å². The highest BCUT2D eigenvalue weighted by Crippen LogP contribution is 2.24. The first-order valence-electron chi connectivity index (χ1n) is 10.8. The Morgan fingerprint density at radius 3 is 2.64 bits per heavy atom. The molecule has 0 amide bonds. The van der Waals surface area contributed by atoms with Gasteiger partial charge in [-0.3, -0.25) is 4.90 Å². The van der Waals surface area contributed by atoms with E-state index in [1.807, 2.05) is 49.5 Å². The first-order chi connectivity index (χ1) is 15.6. The smallest absolute Gasteiger partial charge is 0.206 e. The van der Waals surface area contributed by atoms with Crippen LogP contribution in [0.1, 0.15) is 5.56 Å². The molecule has 9 nitrogen and oxygen atoms in total. The first-order valence-corrected chi connectivity index (χ1v) is 10.8. The Morgan fingerprint density at radius 2 is 1.82 bits per heavy atom. The van der Waals surface area contributed by atoms with Crippen LogP contribution in [-0.4, -0.2) is 70.1 Å². The van der Waals surface area contributed by atoms with E-state index in [0.29, 0.717) is 11.8 Å². The van der Waals surface area contributed by atoms with E-state index in [1.54, 1.807) is 6.20 Å². The standard InChI is InChI=1S/C23H27N9.ClH/c1-31(2)21-6-8-26-22(30-21)17-3-4-18-19(14-17)28-23(27-18)29-20-13-16(5-7-25-20)15-32-11-9-24-10-12-32;/h3-8,13-14,24H,9-12,15H2,1-2H3,(H2,25,27,28,29);1H. The van der Waals surface area contributed by atoms with Gasteiger partial charge in [0.25, 0.3) is 0 Å². The van der Waals surface area contributed by atoms with Crippen molar-refractivity contribution in [2.45, 2.75) is 6.54 Å². The molecule has 0 radical (unpaired) electrons. The molecule has 0 unspecified atom stereocenters. The zero-order valence-corrected chi connectivity index (χ0v) is 19.6. The lowest BCUT2D eigenvalue weighted by Crippen LogP contribution is -2.42. The van der Waals surface area contributed by atoms with Crippen molar-refractivity contribution >= 4 is 41.0 Å². The van der Waals surface area contributed by atoms with Gasteiger partial charge in [0, 0.05) is 64.8 Å². The van der Waals surface area contributed by atoms with Crippen LogP contribution in [0.25, 0.3) is 22.4 Å². The van der Waals surface area contributed by atoms with Crippen LogP contribution in [0, 0.1) is 0 Å². The van der Waals surface area contributed by atoms with E-state index >= 15 is 0 Å². The van der Waals surface area contributed by atoms with Crippen molar-refractivity contribution in [2.75, 3.05) is 50.5 Å². The monoisotopic (exact) mass is 465 g/mol. The molecule has 1 aliphatic heterocycles. The summed E-state index contributed by atoms with van der Waals surface area (Å²) >= 11 is 0. The van der Waals surface area contributed by atoms with Crippen LogP contribution >= 0.6 is 12.4 Å². The molecule has 4 heterocycles. The number of nitrogens with zero attached hydrogens (tertiary/aromatic N) is 6. The maximum Gasteiger partial charge on any atom is 0.206 e. The van der Waals surface area contributed by atoms with Gasteiger partial charge >= 0.3 is 0 Å². The number of hydrogen-bond acceptors (Lipinski definition) is 8. The van der Waals surface area contributed by atoms with Gasteiger partial charge in [-0.25, -0.2) is 19.9 Å². The summed E-state index contributed by atoms with van der Waals surface area (Å²) in [6.07, 6.45) is 3.62. The van der Waals surface area contributed by atoms with E-state index in [4.69, 9.17) is 0 Å². The average Bonchev–Trinajstić information content (AvgIpc) is 3.21.